The molecule has 0 fully saturated rings. The molecular formula is C10H9Br2N5O. The van der Waals surface area contributed by atoms with Gasteiger partial charge in [0.1, 0.15) is 12.9 Å². The third kappa shape index (κ3) is 3.30. The number of carbonyl (C=O) groups excluding carboxylic acids is 1. The van der Waals surface area contributed by atoms with Crippen LogP contribution in [0.15, 0.2) is 33.5 Å². The van der Waals surface area contributed by atoms with Gasteiger partial charge in [-0.05, 0) is 34.1 Å². The molecule has 0 atom stereocenters. The van der Waals surface area contributed by atoms with Crippen molar-refractivity contribution in [2.75, 3.05) is 11.1 Å². The number of hydrogen-bond acceptors (Lipinski definition) is 4. The van der Waals surface area contributed by atoms with Gasteiger partial charge >= 0.3 is 0 Å². The van der Waals surface area contributed by atoms with Gasteiger partial charge in [0.2, 0.25) is 11.9 Å². The first-order chi connectivity index (χ1) is 8.54. The summed E-state index contributed by atoms with van der Waals surface area (Å²) in [6.45, 7) is 0.0622. The second-order valence-electron chi connectivity index (χ2n) is 3.47. The number of aromatic nitrogens is 3. The van der Waals surface area contributed by atoms with Crippen LogP contribution in [0, 0.1) is 0 Å². The fourth-order valence-electron chi connectivity index (χ4n) is 1.31. The van der Waals surface area contributed by atoms with Crippen LogP contribution in [-0.2, 0) is 11.3 Å². The zero-order valence-corrected chi connectivity index (χ0v) is 12.3. The summed E-state index contributed by atoms with van der Waals surface area (Å²) in [6.07, 6.45) is 1.41. The van der Waals surface area contributed by atoms with E-state index in [1.807, 2.05) is 12.1 Å². The molecule has 0 aliphatic carbocycles. The molecule has 3 N–H and O–H groups in total. The van der Waals surface area contributed by atoms with E-state index in [1.165, 1.54) is 11.0 Å². The highest BCUT2D eigenvalue weighted by Crippen LogP contribution is 2.26. The molecule has 0 unspecified atom stereocenters. The van der Waals surface area contributed by atoms with Crippen LogP contribution in [0.4, 0.5) is 11.6 Å². The van der Waals surface area contributed by atoms with Crippen molar-refractivity contribution in [1.29, 1.82) is 0 Å². The van der Waals surface area contributed by atoms with E-state index in [0.717, 1.165) is 8.95 Å². The molecule has 0 spiro atoms. The second-order valence-corrected chi connectivity index (χ2v) is 5.24. The highest BCUT2D eigenvalue weighted by Gasteiger charge is 2.07. The average Bonchev–Trinajstić information content (AvgIpc) is 2.68. The van der Waals surface area contributed by atoms with Crippen LogP contribution < -0.4 is 11.1 Å². The van der Waals surface area contributed by atoms with Crippen molar-refractivity contribution in [3.8, 4) is 0 Å². The Morgan fingerprint density at radius 1 is 1.44 bits per heavy atom. The largest absolute Gasteiger partial charge is 0.367 e. The normalized spacial score (nSPS) is 10.3. The maximum Gasteiger partial charge on any atom is 0.246 e. The number of amides is 1. The molecule has 18 heavy (non-hydrogen) atoms. The van der Waals surface area contributed by atoms with Crippen LogP contribution in [0.25, 0.3) is 0 Å². The molecule has 0 aliphatic heterocycles. The summed E-state index contributed by atoms with van der Waals surface area (Å²) in [5.41, 5.74) is 6.05. The van der Waals surface area contributed by atoms with Gasteiger partial charge in [0.05, 0.1) is 5.69 Å². The van der Waals surface area contributed by atoms with Gasteiger partial charge in [-0.1, -0.05) is 15.9 Å². The Morgan fingerprint density at radius 2 is 2.22 bits per heavy atom. The summed E-state index contributed by atoms with van der Waals surface area (Å²) >= 11 is 6.71. The van der Waals surface area contributed by atoms with E-state index in [-0.39, 0.29) is 18.4 Å². The Bertz CT molecular complexity index is 583. The first-order valence-electron chi connectivity index (χ1n) is 4.94. The van der Waals surface area contributed by atoms with Crippen LogP contribution in [0.5, 0.6) is 0 Å². The minimum atomic E-state index is -0.206. The van der Waals surface area contributed by atoms with Crippen molar-refractivity contribution >= 4 is 49.4 Å². The second kappa shape index (κ2) is 5.49. The molecule has 0 saturated heterocycles. The van der Waals surface area contributed by atoms with Crippen LogP contribution in [0.1, 0.15) is 0 Å². The number of nitrogens with zero attached hydrogens (tertiary/aromatic N) is 3. The molecule has 0 aliphatic rings. The van der Waals surface area contributed by atoms with Gasteiger partial charge < -0.3 is 11.1 Å². The van der Waals surface area contributed by atoms with E-state index >= 15 is 0 Å². The van der Waals surface area contributed by atoms with E-state index in [9.17, 15) is 4.79 Å². The molecular weight excluding hydrogens is 366 g/mol. The van der Waals surface area contributed by atoms with Gasteiger partial charge in [-0.25, -0.2) is 9.67 Å². The van der Waals surface area contributed by atoms with Crippen molar-refractivity contribution in [3.05, 3.63) is 33.5 Å². The molecule has 2 rings (SSSR count). The Morgan fingerprint density at radius 3 is 2.83 bits per heavy atom. The summed E-state index contributed by atoms with van der Waals surface area (Å²) in [5.74, 6) is -0.0597. The van der Waals surface area contributed by atoms with E-state index in [2.05, 4.69) is 47.3 Å². The maximum atomic E-state index is 11.8. The predicted octanol–water partition coefficient (Wildman–Crippen LogP) is 2.02. The molecule has 0 saturated carbocycles. The molecule has 2 aromatic rings. The fraction of sp³-hybridized carbons (Fsp3) is 0.100. The lowest BCUT2D eigenvalue weighted by Crippen LogP contribution is -2.19. The summed E-state index contributed by atoms with van der Waals surface area (Å²) in [6, 6.07) is 5.48. The number of nitrogens with two attached hydrogens (primary N) is 1. The molecule has 1 heterocycles. The zero-order valence-electron chi connectivity index (χ0n) is 9.10. The lowest BCUT2D eigenvalue weighted by Gasteiger charge is -2.07. The number of carbonyl (C=O) groups is 1. The summed E-state index contributed by atoms with van der Waals surface area (Å²) in [5, 5.41) is 6.59. The van der Waals surface area contributed by atoms with Gasteiger partial charge in [0.15, 0.2) is 0 Å². The third-order valence-electron chi connectivity index (χ3n) is 2.07. The zero-order chi connectivity index (χ0) is 13.1. The fourth-order valence-corrected chi connectivity index (χ4v) is 2.46. The van der Waals surface area contributed by atoms with Gasteiger partial charge in [-0.15, -0.1) is 5.10 Å². The van der Waals surface area contributed by atoms with Crippen molar-refractivity contribution in [3.63, 3.8) is 0 Å². The number of halogens is 2. The van der Waals surface area contributed by atoms with E-state index in [0.29, 0.717) is 5.69 Å². The summed E-state index contributed by atoms with van der Waals surface area (Å²) in [7, 11) is 0. The molecule has 1 aromatic heterocycles. The lowest BCUT2D eigenvalue weighted by atomic mass is 10.3. The highest BCUT2D eigenvalue weighted by atomic mass is 79.9. The monoisotopic (exact) mass is 373 g/mol. The molecule has 0 radical (unpaired) electrons. The Hall–Kier alpha value is -1.41. The van der Waals surface area contributed by atoms with Crippen molar-refractivity contribution in [2.45, 2.75) is 6.54 Å². The van der Waals surface area contributed by atoms with Crippen LogP contribution in [-0.4, -0.2) is 20.7 Å². The Balaban J connectivity index is 2.03. The molecule has 6 nitrogen and oxygen atoms in total. The standard InChI is InChI=1S/C10H9Br2N5O/c11-6-1-2-8(7(12)3-6)15-9(18)4-17-5-14-10(13)16-17/h1-3,5H,4H2,(H2,13,16)(H,15,18). The Labute approximate surface area is 120 Å². The number of nitrogen functional groups attached to an aromatic ring is 1. The van der Waals surface area contributed by atoms with Crippen molar-refractivity contribution in [1.82, 2.24) is 14.8 Å². The quantitative estimate of drug-likeness (QED) is 0.860. The SMILES string of the molecule is Nc1ncn(CC(=O)Nc2ccc(Br)cc2Br)n1. The van der Waals surface area contributed by atoms with Crippen LogP contribution >= 0.6 is 31.9 Å². The summed E-state index contributed by atoms with van der Waals surface area (Å²) < 4.78 is 3.09. The number of rotatable bonds is 3. The highest BCUT2D eigenvalue weighted by molar-refractivity contribution is 9.11. The topological polar surface area (TPSA) is 85.8 Å². The van der Waals surface area contributed by atoms with Gasteiger partial charge in [-0.3, -0.25) is 4.79 Å². The molecule has 0 bridgehead atoms. The molecule has 8 heteroatoms. The third-order valence-corrected chi connectivity index (χ3v) is 3.21. The van der Waals surface area contributed by atoms with Crippen LogP contribution in [0.3, 0.4) is 0 Å². The van der Waals surface area contributed by atoms with Crippen molar-refractivity contribution in [2.24, 2.45) is 0 Å². The lowest BCUT2D eigenvalue weighted by molar-refractivity contribution is -0.116. The minimum Gasteiger partial charge on any atom is -0.367 e. The first-order valence-corrected chi connectivity index (χ1v) is 6.53. The van der Waals surface area contributed by atoms with E-state index in [1.54, 1.807) is 6.07 Å². The molecule has 1 aromatic carbocycles. The van der Waals surface area contributed by atoms with E-state index in [4.69, 9.17) is 5.73 Å². The molecule has 94 valence electrons. The number of nitrogens with one attached hydrogen (secondary N) is 1. The number of hydrogen-bond donors (Lipinski definition) is 2. The van der Waals surface area contributed by atoms with E-state index < -0.39 is 0 Å². The van der Waals surface area contributed by atoms with Crippen LogP contribution in [0.2, 0.25) is 0 Å². The number of benzene rings is 1. The maximum absolute atomic E-state index is 11.8. The average molecular weight is 375 g/mol. The van der Waals surface area contributed by atoms with Crippen molar-refractivity contribution < 1.29 is 4.79 Å². The predicted molar refractivity (Wildman–Crippen MR) is 74.9 cm³/mol. The first kappa shape index (κ1) is 13.0. The smallest absolute Gasteiger partial charge is 0.246 e. The minimum absolute atomic E-state index is 0.0622. The van der Waals surface area contributed by atoms with Gasteiger partial charge in [0, 0.05) is 8.95 Å². The molecule has 1 amide bonds. The van der Waals surface area contributed by atoms with Gasteiger partial charge in [0.25, 0.3) is 0 Å². The Kier molecular flexibility index (Phi) is 3.97. The number of anilines is 2. The summed E-state index contributed by atoms with van der Waals surface area (Å²) in [4.78, 5) is 15.5. The van der Waals surface area contributed by atoms with Gasteiger partial charge in [-0.2, -0.15) is 0 Å².